The molecule has 1 atom stereocenters. The third-order valence-electron chi connectivity index (χ3n) is 2.74. The minimum Gasteiger partial charge on any atom is -0.327 e. The highest BCUT2D eigenvalue weighted by Crippen LogP contribution is 2.19. The molecule has 0 aromatic heterocycles. The normalized spacial score (nSPS) is 12.2. The number of hydrogen-bond acceptors (Lipinski definition) is 4. The molecule has 0 saturated carbocycles. The zero-order valence-corrected chi connectivity index (χ0v) is 9.88. The number of nitro benzene ring substituents is 1. The van der Waals surface area contributed by atoms with Crippen LogP contribution in [0.5, 0.6) is 0 Å². The summed E-state index contributed by atoms with van der Waals surface area (Å²) in [6, 6.07) is 6.23. The highest BCUT2D eigenvalue weighted by Gasteiger charge is 2.14. The predicted octanol–water partition coefficient (Wildman–Crippen LogP) is 1.99. The summed E-state index contributed by atoms with van der Waals surface area (Å²) in [6.45, 7) is 4.00. The lowest BCUT2D eigenvalue weighted by Gasteiger charge is -2.15. The van der Waals surface area contributed by atoms with Crippen LogP contribution in [0.15, 0.2) is 18.2 Å². The zero-order chi connectivity index (χ0) is 13.0. The second-order valence-electron chi connectivity index (χ2n) is 4.32. The van der Waals surface area contributed by atoms with Gasteiger partial charge >= 0.3 is 0 Å². The molecule has 0 amide bonds. The minimum absolute atomic E-state index is 0.0523. The lowest BCUT2D eigenvalue weighted by molar-refractivity contribution is -0.384. The van der Waals surface area contributed by atoms with E-state index in [9.17, 15) is 10.1 Å². The van der Waals surface area contributed by atoms with E-state index in [2.05, 4.69) is 0 Å². The van der Waals surface area contributed by atoms with Crippen LogP contribution >= 0.6 is 0 Å². The molecule has 0 aliphatic rings. The lowest BCUT2D eigenvalue weighted by Crippen LogP contribution is -2.29. The number of nitro groups is 1. The van der Waals surface area contributed by atoms with E-state index in [0.717, 1.165) is 5.56 Å². The van der Waals surface area contributed by atoms with Gasteiger partial charge in [0, 0.05) is 18.2 Å². The van der Waals surface area contributed by atoms with Crippen molar-refractivity contribution in [1.82, 2.24) is 0 Å². The molecule has 17 heavy (non-hydrogen) atoms. The summed E-state index contributed by atoms with van der Waals surface area (Å²) in [6.07, 6.45) is 0.554. The first-order valence-electron chi connectivity index (χ1n) is 5.38. The number of rotatable bonds is 4. The summed E-state index contributed by atoms with van der Waals surface area (Å²) in [5.41, 5.74) is 6.95. The Bertz CT molecular complexity index is 463. The molecule has 1 aromatic rings. The maximum absolute atomic E-state index is 10.6. The highest BCUT2D eigenvalue weighted by atomic mass is 16.6. The number of nitrogens with two attached hydrogens (primary N) is 1. The van der Waals surface area contributed by atoms with Crippen molar-refractivity contribution in [2.75, 3.05) is 0 Å². The van der Waals surface area contributed by atoms with Gasteiger partial charge in [0.2, 0.25) is 0 Å². The predicted molar refractivity (Wildman–Crippen MR) is 64.3 cm³/mol. The first kappa shape index (κ1) is 13.1. The van der Waals surface area contributed by atoms with Crippen LogP contribution in [0.4, 0.5) is 5.69 Å². The van der Waals surface area contributed by atoms with Gasteiger partial charge < -0.3 is 5.73 Å². The van der Waals surface area contributed by atoms with Crippen molar-refractivity contribution in [2.45, 2.75) is 26.3 Å². The van der Waals surface area contributed by atoms with Gasteiger partial charge in [0.05, 0.1) is 16.6 Å². The number of non-ortho nitro benzene ring substituents is 1. The first-order valence-corrected chi connectivity index (χ1v) is 5.38. The zero-order valence-electron chi connectivity index (χ0n) is 9.88. The standard InChI is InChI=1S/C12H15N3O2/c1-8(2)12(14)6-9-3-4-11(15(16)17)5-10(9)7-13/h3-5,8,12H,6,14H2,1-2H3. The van der Waals surface area contributed by atoms with Gasteiger partial charge in [-0.05, 0) is 17.9 Å². The van der Waals surface area contributed by atoms with E-state index in [1.807, 2.05) is 19.9 Å². The van der Waals surface area contributed by atoms with Crippen LogP contribution in [0, 0.1) is 27.4 Å². The van der Waals surface area contributed by atoms with Crippen molar-refractivity contribution in [1.29, 1.82) is 5.26 Å². The van der Waals surface area contributed by atoms with Crippen LogP contribution in [0.3, 0.4) is 0 Å². The minimum atomic E-state index is -0.507. The number of hydrogen-bond donors (Lipinski definition) is 1. The molecule has 5 heteroatoms. The molecular formula is C12H15N3O2. The van der Waals surface area contributed by atoms with Crippen LogP contribution < -0.4 is 5.73 Å². The van der Waals surface area contributed by atoms with Crippen LogP contribution in [0.1, 0.15) is 25.0 Å². The van der Waals surface area contributed by atoms with Crippen molar-refractivity contribution in [2.24, 2.45) is 11.7 Å². The Morgan fingerprint density at radius 2 is 2.18 bits per heavy atom. The molecule has 0 aliphatic heterocycles. The van der Waals surface area contributed by atoms with E-state index in [4.69, 9.17) is 11.0 Å². The molecule has 5 nitrogen and oxygen atoms in total. The molecule has 0 radical (unpaired) electrons. The van der Waals surface area contributed by atoms with Crippen LogP contribution in [-0.2, 0) is 6.42 Å². The van der Waals surface area contributed by atoms with E-state index < -0.39 is 4.92 Å². The van der Waals surface area contributed by atoms with Crippen LogP contribution in [0.2, 0.25) is 0 Å². The Kier molecular flexibility index (Phi) is 4.18. The van der Waals surface area contributed by atoms with Gasteiger partial charge in [0.15, 0.2) is 0 Å². The molecule has 0 heterocycles. The Morgan fingerprint density at radius 1 is 1.53 bits per heavy atom. The molecule has 1 aromatic carbocycles. The van der Waals surface area contributed by atoms with Gasteiger partial charge in [-0.3, -0.25) is 10.1 Å². The van der Waals surface area contributed by atoms with E-state index >= 15 is 0 Å². The Hall–Kier alpha value is -1.93. The molecule has 0 spiro atoms. The maximum Gasteiger partial charge on any atom is 0.270 e. The van der Waals surface area contributed by atoms with Gasteiger partial charge in [0.25, 0.3) is 5.69 Å². The number of benzene rings is 1. The second kappa shape index (κ2) is 5.41. The molecule has 90 valence electrons. The summed E-state index contributed by atoms with van der Waals surface area (Å²) in [5, 5.41) is 19.5. The van der Waals surface area contributed by atoms with Crippen molar-refractivity contribution in [3.63, 3.8) is 0 Å². The average Bonchev–Trinajstić information content (AvgIpc) is 2.28. The van der Waals surface area contributed by atoms with E-state index in [0.29, 0.717) is 17.9 Å². The molecule has 2 N–H and O–H groups in total. The molecule has 1 rings (SSSR count). The molecule has 0 aliphatic carbocycles. The monoisotopic (exact) mass is 233 g/mol. The fourth-order valence-electron chi connectivity index (χ4n) is 1.45. The summed E-state index contributed by atoms with van der Waals surface area (Å²) >= 11 is 0. The third kappa shape index (κ3) is 3.26. The van der Waals surface area contributed by atoms with Gasteiger partial charge in [-0.25, -0.2) is 0 Å². The summed E-state index contributed by atoms with van der Waals surface area (Å²) in [7, 11) is 0. The Morgan fingerprint density at radius 3 is 2.65 bits per heavy atom. The quantitative estimate of drug-likeness (QED) is 0.635. The smallest absolute Gasteiger partial charge is 0.270 e. The summed E-state index contributed by atoms with van der Waals surface area (Å²) < 4.78 is 0. The fraction of sp³-hybridized carbons (Fsp3) is 0.417. The SMILES string of the molecule is CC(C)C(N)Cc1ccc([N+](=O)[O-])cc1C#N. The first-order chi connectivity index (χ1) is 7.95. The topological polar surface area (TPSA) is 92.9 Å². The lowest BCUT2D eigenvalue weighted by atomic mass is 9.94. The van der Waals surface area contributed by atoms with E-state index in [1.165, 1.54) is 12.1 Å². The van der Waals surface area contributed by atoms with Gasteiger partial charge in [0.1, 0.15) is 0 Å². The third-order valence-corrected chi connectivity index (χ3v) is 2.74. The molecule has 0 fully saturated rings. The summed E-state index contributed by atoms with van der Waals surface area (Å²) in [5.74, 6) is 0.303. The van der Waals surface area contributed by atoms with Gasteiger partial charge in [-0.2, -0.15) is 5.26 Å². The van der Waals surface area contributed by atoms with Crippen LogP contribution in [-0.4, -0.2) is 11.0 Å². The maximum atomic E-state index is 10.6. The van der Waals surface area contributed by atoms with Crippen molar-refractivity contribution >= 4 is 5.69 Å². The largest absolute Gasteiger partial charge is 0.327 e. The van der Waals surface area contributed by atoms with Crippen molar-refractivity contribution in [3.8, 4) is 6.07 Å². The fourth-order valence-corrected chi connectivity index (χ4v) is 1.45. The molecule has 0 saturated heterocycles. The molecular weight excluding hydrogens is 218 g/mol. The Labute approximate surface area is 100 Å². The summed E-state index contributed by atoms with van der Waals surface area (Å²) in [4.78, 5) is 10.1. The number of nitriles is 1. The molecule has 1 unspecified atom stereocenters. The van der Waals surface area contributed by atoms with Crippen LogP contribution in [0.25, 0.3) is 0 Å². The van der Waals surface area contributed by atoms with E-state index in [1.54, 1.807) is 6.07 Å². The van der Waals surface area contributed by atoms with E-state index in [-0.39, 0.29) is 11.7 Å². The van der Waals surface area contributed by atoms with Gasteiger partial charge in [-0.1, -0.05) is 19.9 Å². The highest BCUT2D eigenvalue weighted by molar-refractivity contribution is 5.46. The van der Waals surface area contributed by atoms with Crippen molar-refractivity contribution < 1.29 is 4.92 Å². The van der Waals surface area contributed by atoms with Gasteiger partial charge in [-0.15, -0.1) is 0 Å². The Balaban J connectivity index is 3.02. The molecule has 0 bridgehead atoms. The van der Waals surface area contributed by atoms with Crippen molar-refractivity contribution in [3.05, 3.63) is 39.4 Å². The number of nitrogens with zero attached hydrogens (tertiary/aromatic N) is 2. The second-order valence-corrected chi connectivity index (χ2v) is 4.32. The average molecular weight is 233 g/mol.